The van der Waals surface area contributed by atoms with Gasteiger partial charge in [-0.15, -0.1) is 0 Å². The molecule has 90 valence electrons. The highest BCUT2D eigenvalue weighted by atomic mass is 16.1. The van der Waals surface area contributed by atoms with E-state index in [1.165, 1.54) is 6.42 Å². The van der Waals surface area contributed by atoms with E-state index in [-0.39, 0.29) is 10.8 Å². The van der Waals surface area contributed by atoms with Crippen molar-refractivity contribution in [3.05, 3.63) is 11.8 Å². The summed E-state index contributed by atoms with van der Waals surface area (Å²) in [4.78, 5) is 12.5. The molecule has 2 atom stereocenters. The normalized spacial score (nSPS) is 39.8. The molecule has 2 saturated carbocycles. The van der Waals surface area contributed by atoms with Crippen LogP contribution in [0.25, 0.3) is 0 Å². The first kappa shape index (κ1) is 11.8. The van der Waals surface area contributed by atoms with Gasteiger partial charge in [-0.05, 0) is 24.2 Å². The quantitative estimate of drug-likeness (QED) is 0.492. The van der Waals surface area contributed by atoms with E-state index >= 15 is 0 Å². The molecule has 0 spiro atoms. The molecule has 2 heteroatoms. The van der Waals surface area contributed by atoms with Crippen LogP contribution in [0.4, 0.5) is 0 Å². The topological polar surface area (TPSA) is 17.1 Å². The number of nitrogens with zero attached hydrogens (tertiary/aromatic N) is 1. The molecule has 2 aliphatic carbocycles. The highest BCUT2D eigenvalue weighted by molar-refractivity contribution is 6.04. The maximum atomic E-state index is 12.5. The third-order valence-corrected chi connectivity index (χ3v) is 4.89. The number of carbonyl (C=O) groups excluding carboxylic acids is 1. The van der Waals surface area contributed by atoms with Crippen LogP contribution in [0.3, 0.4) is 0 Å². The lowest BCUT2D eigenvalue weighted by Crippen LogP contribution is -2.33. The van der Waals surface area contributed by atoms with Crippen LogP contribution in [0.2, 0.25) is 0 Å². The Hall–Kier alpha value is -0.630. The third kappa shape index (κ3) is 1.32. The number of ketones is 1. The molecule has 0 unspecified atom stereocenters. The maximum Gasteiger partial charge on any atom is 0.170 e. The molecule has 0 aliphatic heterocycles. The van der Waals surface area contributed by atoms with Gasteiger partial charge in [-0.1, -0.05) is 20.8 Å². The zero-order chi connectivity index (χ0) is 12.4. The van der Waals surface area contributed by atoms with Crippen molar-refractivity contribution in [3.63, 3.8) is 0 Å². The van der Waals surface area contributed by atoms with Crippen molar-refractivity contribution in [3.8, 4) is 0 Å². The zero-order valence-corrected chi connectivity index (χ0v) is 11.4. The average Bonchev–Trinajstić information content (AvgIpc) is 2.38. The number of Topliss-reactive ketones (excluding diaryl/α,β-unsaturated/α-hetero) is 1. The summed E-state index contributed by atoms with van der Waals surface area (Å²) in [6.07, 6.45) is 4.40. The van der Waals surface area contributed by atoms with Gasteiger partial charge in [-0.2, -0.15) is 0 Å². The van der Waals surface area contributed by atoms with E-state index in [4.69, 9.17) is 0 Å². The highest BCUT2D eigenvalue weighted by Gasteiger charge is 2.64. The molecule has 16 heavy (non-hydrogen) atoms. The van der Waals surface area contributed by atoms with E-state index in [9.17, 15) is 4.79 Å². The van der Waals surface area contributed by atoms with E-state index < -0.39 is 0 Å². The van der Waals surface area contributed by atoms with E-state index in [0.29, 0.717) is 11.7 Å². The standard InChI is InChI=1S/C14H24NO/c1-13(2)11-7-8-14(13,3)12(16)10(11)9-15(4,5)6/h9,11H,7-8H2,1-6H3/q+1/t11-,14+/m1/s1. The summed E-state index contributed by atoms with van der Waals surface area (Å²) in [6, 6.07) is 0. The molecule has 2 nitrogen and oxygen atoms in total. The molecule has 0 radical (unpaired) electrons. The van der Waals surface area contributed by atoms with Crippen molar-refractivity contribution < 1.29 is 9.28 Å². The first-order valence-corrected chi connectivity index (χ1v) is 6.18. The second kappa shape index (κ2) is 2.98. The van der Waals surface area contributed by atoms with Crippen molar-refractivity contribution in [2.45, 2.75) is 33.6 Å². The Bertz CT molecular complexity index is 373. The van der Waals surface area contributed by atoms with Crippen LogP contribution < -0.4 is 0 Å². The second-order valence-corrected chi connectivity index (χ2v) is 7.17. The van der Waals surface area contributed by atoms with Crippen LogP contribution in [-0.4, -0.2) is 31.4 Å². The van der Waals surface area contributed by atoms with Gasteiger partial charge in [0.2, 0.25) is 0 Å². The van der Waals surface area contributed by atoms with Crippen molar-refractivity contribution in [2.24, 2.45) is 16.7 Å². The Labute approximate surface area is 98.9 Å². The fraction of sp³-hybridized carbons (Fsp3) is 0.786. The summed E-state index contributed by atoms with van der Waals surface area (Å²) in [7, 11) is 6.34. The van der Waals surface area contributed by atoms with Gasteiger partial charge in [0.1, 0.15) is 6.20 Å². The van der Waals surface area contributed by atoms with Crippen molar-refractivity contribution in [1.29, 1.82) is 0 Å². The highest BCUT2D eigenvalue weighted by Crippen LogP contribution is 2.65. The molecule has 0 saturated heterocycles. The summed E-state index contributed by atoms with van der Waals surface area (Å²) < 4.78 is 0.740. The van der Waals surface area contributed by atoms with E-state index in [1.54, 1.807) is 0 Å². The van der Waals surface area contributed by atoms with Gasteiger partial charge in [-0.25, -0.2) is 0 Å². The SMILES string of the molecule is CC1(C)[C@@H]2CC[C@@]1(C)C(=O)C2=C[N+](C)(C)C. The Balaban J connectivity index is 2.49. The molecule has 0 N–H and O–H groups in total. The van der Waals surface area contributed by atoms with Gasteiger partial charge in [0.15, 0.2) is 5.78 Å². The molecule has 2 bridgehead atoms. The summed E-state index contributed by atoms with van der Waals surface area (Å²) in [5.74, 6) is 0.879. The fourth-order valence-corrected chi connectivity index (χ4v) is 3.49. The second-order valence-electron chi connectivity index (χ2n) is 7.17. The zero-order valence-electron chi connectivity index (χ0n) is 11.4. The Morgan fingerprint density at radius 2 is 1.81 bits per heavy atom. The van der Waals surface area contributed by atoms with Gasteiger partial charge >= 0.3 is 0 Å². The van der Waals surface area contributed by atoms with Crippen LogP contribution >= 0.6 is 0 Å². The molecule has 0 amide bonds. The van der Waals surface area contributed by atoms with Crippen LogP contribution in [0.5, 0.6) is 0 Å². The summed E-state index contributed by atoms with van der Waals surface area (Å²) in [5, 5.41) is 0. The maximum absolute atomic E-state index is 12.5. The molecular formula is C14H24NO+. The van der Waals surface area contributed by atoms with E-state index in [2.05, 4.69) is 48.1 Å². The van der Waals surface area contributed by atoms with Gasteiger partial charge in [0.25, 0.3) is 0 Å². The summed E-state index contributed by atoms with van der Waals surface area (Å²) in [5.41, 5.74) is 1.12. The lowest BCUT2D eigenvalue weighted by molar-refractivity contribution is -0.817. The molecule has 0 heterocycles. The number of hydrogen-bond acceptors (Lipinski definition) is 1. The number of rotatable bonds is 1. The van der Waals surface area contributed by atoms with Gasteiger partial charge in [0, 0.05) is 5.41 Å². The lowest BCUT2D eigenvalue weighted by atomic mass is 9.70. The van der Waals surface area contributed by atoms with E-state index in [1.807, 2.05) is 0 Å². The molecule has 0 aromatic heterocycles. The third-order valence-electron chi connectivity index (χ3n) is 4.89. The smallest absolute Gasteiger partial charge is 0.170 e. The largest absolute Gasteiger partial charge is 0.304 e. The number of quaternary nitrogens is 1. The molecule has 2 fully saturated rings. The predicted octanol–water partition coefficient (Wildman–Crippen LogP) is 2.60. The van der Waals surface area contributed by atoms with Gasteiger partial charge < -0.3 is 4.48 Å². The first-order chi connectivity index (χ1) is 7.09. The van der Waals surface area contributed by atoms with Gasteiger partial charge in [-0.3, -0.25) is 4.79 Å². The monoisotopic (exact) mass is 222 g/mol. The summed E-state index contributed by atoms with van der Waals surface area (Å²) in [6.45, 7) is 6.68. The summed E-state index contributed by atoms with van der Waals surface area (Å²) >= 11 is 0. The Morgan fingerprint density at radius 1 is 1.25 bits per heavy atom. The Kier molecular flexibility index (Phi) is 2.20. The Morgan fingerprint density at radius 3 is 2.19 bits per heavy atom. The average molecular weight is 222 g/mol. The number of hydrogen-bond donors (Lipinski definition) is 0. The van der Waals surface area contributed by atoms with Crippen molar-refractivity contribution in [2.75, 3.05) is 21.1 Å². The van der Waals surface area contributed by atoms with Crippen LogP contribution in [0.1, 0.15) is 33.6 Å². The van der Waals surface area contributed by atoms with E-state index in [0.717, 1.165) is 16.5 Å². The van der Waals surface area contributed by atoms with Gasteiger partial charge in [0.05, 0.1) is 26.7 Å². The molecule has 2 aliphatic rings. The van der Waals surface area contributed by atoms with Crippen LogP contribution in [0, 0.1) is 16.7 Å². The molecular weight excluding hydrogens is 198 g/mol. The minimum atomic E-state index is -0.112. The molecule has 0 aromatic rings. The van der Waals surface area contributed by atoms with Crippen LogP contribution in [0.15, 0.2) is 11.8 Å². The van der Waals surface area contributed by atoms with Crippen molar-refractivity contribution in [1.82, 2.24) is 0 Å². The molecule has 0 aromatic carbocycles. The minimum absolute atomic E-state index is 0.112. The molecule has 2 rings (SSSR count). The van der Waals surface area contributed by atoms with Crippen molar-refractivity contribution >= 4 is 5.78 Å². The van der Waals surface area contributed by atoms with Crippen LogP contribution in [-0.2, 0) is 4.79 Å². The predicted molar refractivity (Wildman–Crippen MR) is 65.7 cm³/mol. The number of carbonyl (C=O) groups is 1. The lowest BCUT2D eigenvalue weighted by Gasteiger charge is -2.31. The fourth-order valence-electron chi connectivity index (χ4n) is 3.49. The first-order valence-electron chi connectivity index (χ1n) is 6.18. The minimum Gasteiger partial charge on any atom is -0.304 e. The number of fused-ring (bicyclic) bond motifs is 2. The number of allylic oxidation sites excluding steroid dienone is 1.